The lowest BCUT2D eigenvalue weighted by Crippen LogP contribution is -2.18. The van der Waals surface area contributed by atoms with Gasteiger partial charge in [0.1, 0.15) is 5.75 Å². The van der Waals surface area contributed by atoms with Crippen molar-refractivity contribution in [2.24, 2.45) is 5.73 Å². The van der Waals surface area contributed by atoms with Gasteiger partial charge in [-0.15, -0.1) is 0 Å². The van der Waals surface area contributed by atoms with Crippen LogP contribution in [0.25, 0.3) is 0 Å². The van der Waals surface area contributed by atoms with E-state index in [1.54, 1.807) is 7.11 Å². The number of benzene rings is 1. The van der Waals surface area contributed by atoms with E-state index in [-0.39, 0.29) is 6.04 Å². The van der Waals surface area contributed by atoms with Gasteiger partial charge in [0.15, 0.2) is 0 Å². The van der Waals surface area contributed by atoms with Crippen LogP contribution in [0.5, 0.6) is 5.75 Å². The standard InChI is InChI=1S/C17H22N2O/c1-20-14-7-5-13(6-8-14)9-11-19-12-10-15-16(18)3-2-4-17(15)19/h5-8,10,12,16H,2-4,9,11,18H2,1H3. The topological polar surface area (TPSA) is 40.2 Å². The van der Waals surface area contributed by atoms with Crippen LogP contribution in [0.1, 0.15) is 35.7 Å². The second-order valence-corrected chi connectivity index (χ2v) is 5.51. The molecule has 0 radical (unpaired) electrons. The van der Waals surface area contributed by atoms with Gasteiger partial charge in [0.05, 0.1) is 7.11 Å². The fourth-order valence-corrected chi connectivity index (χ4v) is 3.04. The Hall–Kier alpha value is -1.74. The van der Waals surface area contributed by atoms with Crippen molar-refractivity contribution in [1.82, 2.24) is 4.57 Å². The maximum Gasteiger partial charge on any atom is 0.118 e. The molecule has 20 heavy (non-hydrogen) atoms. The molecule has 2 aromatic rings. The first-order chi connectivity index (χ1) is 9.78. The minimum Gasteiger partial charge on any atom is -0.497 e. The first-order valence-corrected chi connectivity index (χ1v) is 7.34. The molecule has 1 aliphatic carbocycles. The van der Waals surface area contributed by atoms with E-state index in [2.05, 4.69) is 29.0 Å². The third kappa shape index (κ3) is 2.59. The summed E-state index contributed by atoms with van der Waals surface area (Å²) in [5.74, 6) is 0.915. The van der Waals surface area contributed by atoms with Gasteiger partial charge in [0.25, 0.3) is 0 Å². The summed E-state index contributed by atoms with van der Waals surface area (Å²) in [6, 6.07) is 10.8. The number of nitrogens with two attached hydrogens (primary N) is 1. The van der Waals surface area contributed by atoms with Gasteiger partial charge < -0.3 is 15.0 Å². The Morgan fingerprint density at radius 2 is 2.05 bits per heavy atom. The van der Waals surface area contributed by atoms with E-state index in [0.29, 0.717) is 0 Å². The van der Waals surface area contributed by atoms with Crippen LogP contribution in [0.2, 0.25) is 0 Å². The number of rotatable bonds is 4. The summed E-state index contributed by atoms with van der Waals surface area (Å²) >= 11 is 0. The minimum absolute atomic E-state index is 0.237. The summed E-state index contributed by atoms with van der Waals surface area (Å²) < 4.78 is 7.56. The van der Waals surface area contributed by atoms with Gasteiger partial charge in [-0.1, -0.05) is 12.1 Å². The maximum absolute atomic E-state index is 6.17. The van der Waals surface area contributed by atoms with Gasteiger partial charge in [-0.05, 0) is 55.0 Å². The van der Waals surface area contributed by atoms with Gasteiger partial charge in [-0.25, -0.2) is 0 Å². The predicted molar refractivity (Wildman–Crippen MR) is 81.0 cm³/mol. The molecule has 2 N–H and O–H groups in total. The molecular formula is C17H22N2O. The zero-order chi connectivity index (χ0) is 13.9. The maximum atomic E-state index is 6.17. The van der Waals surface area contributed by atoms with Crippen LogP contribution >= 0.6 is 0 Å². The second-order valence-electron chi connectivity index (χ2n) is 5.51. The smallest absolute Gasteiger partial charge is 0.118 e. The SMILES string of the molecule is COc1ccc(CCn2ccc3c2CCCC3N)cc1. The summed E-state index contributed by atoms with van der Waals surface area (Å²) in [5.41, 5.74) is 10.3. The summed E-state index contributed by atoms with van der Waals surface area (Å²) in [7, 11) is 1.70. The van der Waals surface area contributed by atoms with Crippen LogP contribution in [0.3, 0.4) is 0 Å². The quantitative estimate of drug-likeness (QED) is 0.927. The molecule has 106 valence electrons. The van der Waals surface area contributed by atoms with Crippen LogP contribution in [-0.4, -0.2) is 11.7 Å². The van der Waals surface area contributed by atoms with Crippen molar-refractivity contribution in [2.75, 3.05) is 7.11 Å². The molecule has 0 aliphatic heterocycles. The van der Waals surface area contributed by atoms with Crippen molar-refractivity contribution in [3.63, 3.8) is 0 Å². The number of ether oxygens (including phenoxy) is 1. The minimum atomic E-state index is 0.237. The van der Waals surface area contributed by atoms with Gasteiger partial charge in [0, 0.05) is 24.5 Å². The Kier molecular flexibility index (Phi) is 3.79. The number of methoxy groups -OCH3 is 1. The van der Waals surface area contributed by atoms with Crippen molar-refractivity contribution in [3.05, 3.63) is 53.3 Å². The highest BCUT2D eigenvalue weighted by Crippen LogP contribution is 2.28. The number of fused-ring (bicyclic) bond motifs is 1. The number of aryl methyl sites for hydroxylation is 2. The zero-order valence-electron chi connectivity index (χ0n) is 12.0. The first-order valence-electron chi connectivity index (χ1n) is 7.34. The molecular weight excluding hydrogens is 248 g/mol. The Labute approximate surface area is 120 Å². The largest absolute Gasteiger partial charge is 0.497 e. The van der Waals surface area contributed by atoms with Crippen molar-refractivity contribution < 1.29 is 4.74 Å². The summed E-state index contributed by atoms with van der Waals surface area (Å²) in [4.78, 5) is 0. The number of nitrogens with zero attached hydrogens (tertiary/aromatic N) is 1. The average molecular weight is 270 g/mol. The molecule has 0 saturated carbocycles. The Bertz CT molecular complexity index is 571. The van der Waals surface area contributed by atoms with E-state index in [0.717, 1.165) is 25.1 Å². The lowest BCUT2D eigenvalue weighted by atomic mass is 9.93. The van der Waals surface area contributed by atoms with Crippen LogP contribution in [0.4, 0.5) is 0 Å². The van der Waals surface area contributed by atoms with Crippen LogP contribution in [0.15, 0.2) is 36.5 Å². The van der Waals surface area contributed by atoms with E-state index < -0.39 is 0 Å². The lowest BCUT2D eigenvalue weighted by Gasteiger charge is -2.21. The molecule has 3 heteroatoms. The lowest BCUT2D eigenvalue weighted by molar-refractivity contribution is 0.414. The Balaban J connectivity index is 1.69. The average Bonchev–Trinajstić information content (AvgIpc) is 2.90. The highest BCUT2D eigenvalue weighted by Gasteiger charge is 2.19. The van der Waals surface area contributed by atoms with E-state index in [9.17, 15) is 0 Å². The molecule has 1 aromatic heterocycles. The van der Waals surface area contributed by atoms with E-state index in [1.165, 1.54) is 29.7 Å². The molecule has 1 heterocycles. The molecule has 0 saturated heterocycles. The summed E-state index contributed by atoms with van der Waals surface area (Å²) in [5, 5.41) is 0. The van der Waals surface area contributed by atoms with Crippen molar-refractivity contribution in [3.8, 4) is 5.75 Å². The molecule has 1 aliphatic rings. The zero-order valence-corrected chi connectivity index (χ0v) is 12.0. The Morgan fingerprint density at radius 1 is 1.25 bits per heavy atom. The van der Waals surface area contributed by atoms with Crippen LogP contribution in [-0.2, 0) is 19.4 Å². The van der Waals surface area contributed by atoms with E-state index in [4.69, 9.17) is 10.5 Å². The molecule has 3 nitrogen and oxygen atoms in total. The molecule has 0 fully saturated rings. The summed E-state index contributed by atoms with van der Waals surface area (Å²) in [6.45, 7) is 1.02. The molecule has 0 bridgehead atoms. The molecule has 0 spiro atoms. The summed E-state index contributed by atoms with van der Waals surface area (Å²) in [6.07, 6.45) is 6.73. The van der Waals surface area contributed by atoms with Crippen molar-refractivity contribution in [1.29, 1.82) is 0 Å². The van der Waals surface area contributed by atoms with Crippen molar-refractivity contribution in [2.45, 2.75) is 38.3 Å². The molecule has 1 aromatic carbocycles. The van der Waals surface area contributed by atoms with Crippen molar-refractivity contribution >= 4 is 0 Å². The third-order valence-corrected chi connectivity index (χ3v) is 4.24. The van der Waals surface area contributed by atoms with Gasteiger partial charge >= 0.3 is 0 Å². The number of hydrogen-bond donors (Lipinski definition) is 1. The fraction of sp³-hybridized carbons (Fsp3) is 0.412. The number of hydrogen-bond acceptors (Lipinski definition) is 2. The van der Waals surface area contributed by atoms with Gasteiger partial charge in [0.2, 0.25) is 0 Å². The Morgan fingerprint density at radius 3 is 2.80 bits per heavy atom. The number of aromatic nitrogens is 1. The molecule has 1 atom stereocenters. The van der Waals surface area contributed by atoms with Crippen LogP contribution in [0, 0.1) is 0 Å². The highest BCUT2D eigenvalue weighted by atomic mass is 16.5. The van der Waals surface area contributed by atoms with Gasteiger partial charge in [-0.3, -0.25) is 0 Å². The fourth-order valence-electron chi connectivity index (χ4n) is 3.04. The van der Waals surface area contributed by atoms with E-state index >= 15 is 0 Å². The predicted octanol–water partition coefficient (Wildman–Crippen LogP) is 3.08. The highest BCUT2D eigenvalue weighted by molar-refractivity contribution is 5.29. The molecule has 3 rings (SSSR count). The normalized spacial score (nSPS) is 17.8. The monoisotopic (exact) mass is 270 g/mol. The van der Waals surface area contributed by atoms with Crippen LogP contribution < -0.4 is 10.5 Å². The van der Waals surface area contributed by atoms with E-state index in [1.807, 2.05) is 12.1 Å². The molecule has 0 amide bonds. The first kappa shape index (κ1) is 13.3. The second kappa shape index (κ2) is 5.71. The third-order valence-electron chi connectivity index (χ3n) is 4.24. The van der Waals surface area contributed by atoms with Gasteiger partial charge in [-0.2, -0.15) is 0 Å². The molecule has 1 unspecified atom stereocenters.